The molecule has 0 aromatic carbocycles. The van der Waals surface area contributed by atoms with Gasteiger partial charge in [0.2, 0.25) is 0 Å². The van der Waals surface area contributed by atoms with Gasteiger partial charge in [-0.2, -0.15) is 0 Å². The van der Waals surface area contributed by atoms with Gasteiger partial charge >= 0.3 is 0 Å². The Balaban J connectivity index is 4.39. The van der Waals surface area contributed by atoms with Crippen LogP contribution in [0.4, 0.5) is 0 Å². The van der Waals surface area contributed by atoms with Gasteiger partial charge in [-0.1, -0.05) is 55.2 Å². The Hall–Kier alpha value is 0.874. The van der Waals surface area contributed by atoms with Gasteiger partial charge in [0, 0.05) is 5.33 Å². The van der Waals surface area contributed by atoms with Crippen molar-refractivity contribution in [3.63, 3.8) is 0 Å². The lowest BCUT2D eigenvalue weighted by molar-refractivity contribution is 0.606. The molecule has 0 aliphatic rings. The van der Waals surface area contributed by atoms with E-state index in [1.807, 2.05) is 0 Å². The second-order valence-electron chi connectivity index (χ2n) is 5.54. The molecule has 0 saturated carbocycles. The summed E-state index contributed by atoms with van der Waals surface area (Å²) >= 11 is 3.52. The zero-order valence-electron chi connectivity index (χ0n) is 9.95. The SMILES string of the molecule is C[Si](C)(C)N(CCCBr)[Si](C)(C)C. The van der Waals surface area contributed by atoms with Crippen LogP contribution in [0.1, 0.15) is 6.42 Å². The third kappa shape index (κ3) is 5.35. The highest BCUT2D eigenvalue weighted by Gasteiger charge is 2.33. The van der Waals surface area contributed by atoms with Crippen LogP contribution in [0.3, 0.4) is 0 Å². The maximum Gasteiger partial charge on any atom is 0.112 e. The Morgan fingerprint density at radius 3 is 1.54 bits per heavy atom. The first-order valence-corrected chi connectivity index (χ1v) is 13.0. The Kier molecular flexibility index (Phi) is 5.44. The molecule has 4 heteroatoms. The van der Waals surface area contributed by atoms with Gasteiger partial charge in [-0.25, -0.2) is 0 Å². The largest absolute Gasteiger partial charge is 0.346 e. The number of hydrogen-bond acceptors (Lipinski definition) is 1. The van der Waals surface area contributed by atoms with Gasteiger partial charge in [-0.15, -0.1) is 0 Å². The van der Waals surface area contributed by atoms with Crippen molar-refractivity contribution in [1.29, 1.82) is 0 Å². The van der Waals surface area contributed by atoms with Crippen molar-refractivity contribution in [2.45, 2.75) is 45.7 Å². The van der Waals surface area contributed by atoms with Crippen LogP contribution in [-0.2, 0) is 0 Å². The van der Waals surface area contributed by atoms with Crippen molar-refractivity contribution in [2.24, 2.45) is 0 Å². The molecule has 0 radical (unpaired) electrons. The van der Waals surface area contributed by atoms with Crippen LogP contribution in [0.15, 0.2) is 0 Å². The number of nitrogens with zero attached hydrogens (tertiary/aromatic N) is 1. The number of alkyl halides is 1. The molecule has 0 rings (SSSR count). The van der Waals surface area contributed by atoms with E-state index in [4.69, 9.17) is 0 Å². The monoisotopic (exact) mass is 281 g/mol. The predicted molar refractivity (Wildman–Crippen MR) is 71.8 cm³/mol. The minimum atomic E-state index is -1.09. The van der Waals surface area contributed by atoms with Gasteiger partial charge in [0.05, 0.1) is 0 Å². The molecule has 0 aromatic rings. The molecular formula is C9H24BrNSi2. The lowest BCUT2D eigenvalue weighted by Crippen LogP contribution is -2.59. The minimum absolute atomic E-state index is 1.09. The smallest absolute Gasteiger partial charge is 0.112 e. The normalized spacial score (nSPS) is 13.8. The third-order valence-corrected chi connectivity index (χ3v) is 10.4. The van der Waals surface area contributed by atoms with Crippen molar-refractivity contribution in [3.8, 4) is 0 Å². The molecule has 0 bridgehead atoms. The maximum absolute atomic E-state index is 3.52. The van der Waals surface area contributed by atoms with Crippen LogP contribution in [0.5, 0.6) is 0 Å². The minimum Gasteiger partial charge on any atom is -0.346 e. The molecule has 0 aliphatic heterocycles. The highest BCUT2D eigenvalue weighted by Crippen LogP contribution is 2.19. The van der Waals surface area contributed by atoms with E-state index in [1.165, 1.54) is 13.0 Å². The van der Waals surface area contributed by atoms with Gasteiger partial charge in [-0.05, 0) is 13.0 Å². The summed E-state index contributed by atoms with van der Waals surface area (Å²) < 4.78 is 2.83. The Labute approximate surface area is 94.2 Å². The van der Waals surface area contributed by atoms with E-state index in [0.29, 0.717) is 0 Å². The number of hydrogen-bond donors (Lipinski definition) is 0. The fraction of sp³-hybridized carbons (Fsp3) is 1.00. The van der Waals surface area contributed by atoms with Crippen LogP contribution in [0.2, 0.25) is 39.3 Å². The molecule has 13 heavy (non-hydrogen) atoms. The highest BCUT2D eigenvalue weighted by atomic mass is 79.9. The summed E-state index contributed by atoms with van der Waals surface area (Å²) in [5.74, 6) is 0. The zero-order chi connectivity index (χ0) is 10.7. The standard InChI is InChI=1S/C9H24BrNSi2/c1-12(2,3)11(9-7-8-10)13(4,5)6/h7-9H2,1-6H3. The van der Waals surface area contributed by atoms with Gasteiger partial charge in [0.15, 0.2) is 0 Å². The molecule has 0 aromatic heterocycles. The molecule has 0 amide bonds. The van der Waals surface area contributed by atoms with E-state index in [2.05, 4.69) is 59.4 Å². The summed E-state index contributed by atoms with van der Waals surface area (Å²) in [5.41, 5.74) is 0. The molecule has 0 unspecified atom stereocenters. The number of rotatable bonds is 5. The molecule has 0 aliphatic carbocycles. The lowest BCUT2D eigenvalue weighted by Gasteiger charge is -2.43. The highest BCUT2D eigenvalue weighted by molar-refractivity contribution is 9.09. The molecule has 0 N–H and O–H groups in total. The summed E-state index contributed by atoms with van der Waals surface area (Å²) in [7, 11) is -2.17. The molecule has 0 atom stereocenters. The van der Waals surface area contributed by atoms with E-state index in [1.54, 1.807) is 0 Å². The molecular weight excluding hydrogens is 258 g/mol. The van der Waals surface area contributed by atoms with Crippen molar-refractivity contribution >= 4 is 32.4 Å². The molecule has 0 fully saturated rings. The molecule has 0 spiro atoms. The molecule has 1 nitrogen and oxygen atoms in total. The van der Waals surface area contributed by atoms with Crippen LogP contribution in [0.25, 0.3) is 0 Å². The first-order chi connectivity index (χ1) is 5.69. The maximum atomic E-state index is 3.52. The van der Waals surface area contributed by atoms with Crippen LogP contribution in [0, 0.1) is 0 Å². The van der Waals surface area contributed by atoms with Crippen LogP contribution < -0.4 is 0 Å². The van der Waals surface area contributed by atoms with Crippen molar-refractivity contribution in [1.82, 2.24) is 4.23 Å². The van der Waals surface area contributed by atoms with Crippen molar-refractivity contribution < 1.29 is 0 Å². The third-order valence-electron chi connectivity index (χ3n) is 2.13. The van der Waals surface area contributed by atoms with E-state index in [-0.39, 0.29) is 0 Å². The first-order valence-electron chi connectivity index (χ1n) is 5.03. The zero-order valence-corrected chi connectivity index (χ0v) is 13.5. The summed E-state index contributed by atoms with van der Waals surface area (Å²) in [5, 5.41) is 1.14. The fourth-order valence-electron chi connectivity index (χ4n) is 1.89. The molecule has 80 valence electrons. The first kappa shape index (κ1) is 13.9. The molecule has 0 heterocycles. The quantitative estimate of drug-likeness (QED) is 0.548. The second kappa shape index (κ2) is 5.10. The number of halogens is 1. The van der Waals surface area contributed by atoms with Gasteiger partial charge < -0.3 is 4.23 Å². The van der Waals surface area contributed by atoms with Crippen LogP contribution >= 0.6 is 15.9 Å². The Morgan fingerprint density at radius 2 is 1.31 bits per heavy atom. The van der Waals surface area contributed by atoms with E-state index in [9.17, 15) is 0 Å². The van der Waals surface area contributed by atoms with E-state index in [0.717, 1.165) is 5.33 Å². The topological polar surface area (TPSA) is 3.24 Å². The van der Waals surface area contributed by atoms with Gasteiger partial charge in [0.25, 0.3) is 0 Å². The van der Waals surface area contributed by atoms with Crippen molar-refractivity contribution in [3.05, 3.63) is 0 Å². The summed E-state index contributed by atoms with van der Waals surface area (Å²) in [4.78, 5) is 0. The summed E-state index contributed by atoms with van der Waals surface area (Å²) in [6.45, 7) is 16.0. The van der Waals surface area contributed by atoms with Gasteiger partial charge in [0.1, 0.15) is 16.5 Å². The van der Waals surface area contributed by atoms with E-state index >= 15 is 0 Å². The fourth-order valence-corrected chi connectivity index (χ4v) is 11.9. The molecule has 0 saturated heterocycles. The average Bonchev–Trinajstić information content (AvgIpc) is 1.81. The predicted octanol–water partition coefficient (Wildman–Crippen LogP) is 3.74. The lowest BCUT2D eigenvalue weighted by atomic mass is 10.5. The Bertz CT molecular complexity index is 135. The van der Waals surface area contributed by atoms with Gasteiger partial charge in [-0.3, -0.25) is 0 Å². The second-order valence-corrected chi connectivity index (χ2v) is 16.5. The Morgan fingerprint density at radius 1 is 0.923 bits per heavy atom. The van der Waals surface area contributed by atoms with Crippen LogP contribution in [-0.4, -0.2) is 32.6 Å². The summed E-state index contributed by atoms with van der Waals surface area (Å²) in [6, 6.07) is 0. The summed E-state index contributed by atoms with van der Waals surface area (Å²) in [6.07, 6.45) is 1.29. The van der Waals surface area contributed by atoms with Crippen molar-refractivity contribution in [2.75, 3.05) is 11.9 Å². The van der Waals surface area contributed by atoms with E-state index < -0.39 is 16.5 Å². The average molecular weight is 282 g/mol.